The first-order chi connectivity index (χ1) is 6.52. The Hall–Kier alpha value is -1.06. The van der Waals surface area contributed by atoms with Crippen molar-refractivity contribution in [3.05, 3.63) is 0 Å². The molecule has 0 N–H and O–H groups in total. The van der Waals surface area contributed by atoms with Crippen molar-refractivity contribution < 1.29 is 9.59 Å². The minimum absolute atomic E-state index is 0.0482. The maximum atomic E-state index is 11.5. The SMILES string of the molecule is CC(=O)C1CCN(C(=O)N(C)C)CC1. The van der Waals surface area contributed by atoms with Gasteiger partial charge < -0.3 is 9.80 Å². The largest absolute Gasteiger partial charge is 0.331 e. The van der Waals surface area contributed by atoms with Gasteiger partial charge in [-0.25, -0.2) is 4.79 Å². The lowest BCUT2D eigenvalue weighted by molar-refractivity contribution is -0.121. The van der Waals surface area contributed by atoms with Gasteiger partial charge in [0.05, 0.1) is 0 Å². The number of piperidine rings is 1. The van der Waals surface area contributed by atoms with Crippen LogP contribution in [-0.2, 0) is 4.79 Å². The zero-order chi connectivity index (χ0) is 10.7. The van der Waals surface area contributed by atoms with Gasteiger partial charge in [-0.2, -0.15) is 0 Å². The molecule has 14 heavy (non-hydrogen) atoms. The van der Waals surface area contributed by atoms with Crippen molar-refractivity contribution in [3.8, 4) is 0 Å². The number of urea groups is 1. The molecule has 1 heterocycles. The molecule has 1 saturated heterocycles. The highest BCUT2D eigenvalue weighted by Gasteiger charge is 2.25. The van der Waals surface area contributed by atoms with Gasteiger partial charge in [0.15, 0.2) is 0 Å². The van der Waals surface area contributed by atoms with Crippen molar-refractivity contribution >= 4 is 11.8 Å². The first kappa shape index (κ1) is 11.0. The molecule has 4 heteroatoms. The molecule has 0 aromatic rings. The van der Waals surface area contributed by atoms with E-state index < -0.39 is 0 Å². The molecular weight excluding hydrogens is 180 g/mol. The molecule has 1 rings (SSSR count). The Bertz CT molecular complexity index is 230. The van der Waals surface area contributed by atoms with Crippen molar-refractivity contribution in [1.82, 2.24) is 9.80 Å². The summed E-state index contributed by atoms with van der Waals surface area (Å²) in [5, 5.41) is 0. The number of carbonyl (C=O) groups excluding carboxylic acids is 2. The molecule has 0 radical (unpaired) electrons. The summed E-state index contributed by atoms with van der Waals surface area (Å²) in [5.74, 6) is 0.420. The molecule has 0 aromatic heterocycles. The molecule has 1 fully saturated rings. The summed E-state index contributed by atoms with van der Waals surface area (Å²) >= 11 is 0. The Labute approximate surface area is 84.9 Å². The average molecular weight is 198 g/mol. The van der Waals surface area contributed by atoms with E-state index in [0.717, 1.165) is 12.8 Å². The molecule has 0 aromatic carbocycles. The van der Waals surface area contributed by atoms with Crippen LogP contribution in [-0.4, -0.2) is 48.8 Å². The third kappa shape index (κ3) is 2.47. The second-order valence-corrected chi connectivity index (χ2v) is 4.05. The Morgan fingerprint density at radius 2 is 1.71 bits per heavy atom. The van der Waals surface area contributed by atoms with E-state index in [1.807, 2.05) is 0 Å². The molecular formula is C10H18N2O2. The van der Waals surface area contributed by atoms with E-state index >= 15 is 0 Å². The second kappa shape index (κ2) is 4.44. The highest BCUT2D eigenvalue weighted by atomic mass is 16.2. The smallest absolute Gasteiger partial charge is 0.319 e. The van der Waals surface area contributed by atoms with Crippen LogP contribution in [0.3, 0.4) is 0 Å². The average Bonchev–Trinajstić information content (AvgIpc) is 2.16. The van der Waals surface area contributed by atoms with Crippen LogP contribution in [0.4, 0.5) is 4.79 Å². The van der Waals surface area contributed by atoms with E-state index in [2.05, 4.69) is 0 Å². The summed E-state index contributed by atoms with van der Waals surface area (Å²) in [6.07, 6.45) is 1.63. The predicted octanol–water partition coefficient (Wildman–Crippen LogP) is 0.969. The Morgan fingerprint density at radius 1 is 1.21 bits per heavy atom. The number of hydrogen-bond acceptors (Lipinski definition) is 2. The molecule has 0 unspecified atom stereocenters. The molecule has 1 aliphatic rings. The van der Waals surface area contributed by atoms with Gasteiger partial charge in [-0.15, -0.1) is 0 Å². The fraction of sp³-hybridized carbons (Fsp3) is 0.800. The quantitative estimate of drug-likeness (QED) is 0.630. The number of ketones is 1. The van der Waals surface area contributed by atoms with Crippen molar-refractivity contribution in [2.75, 3.05) is 27.2 Å². The van der Waals surface area contributed by atoms with Crippen molar-refractivity contribution in [2.24, 2.45) is 5.92 Å². The van der Waals surface area contributed by atoms with Gasteiger partial charge in [0.1, 0.15) is 5.78 Å². The Morgan fingerprint density at radius 3 is 2.07 bits per heavy atom. The molecule has 0 atom stereocenters. The molecule has 0 spiro atoms. The van der Waals surface area contributed by atoms with Gasteiger partial charge in [0, 0.05) is 33.1 Å². The standard InChI is InChI=1S/C10H18N2O2/c1-8(13)9-4-6-12(7-5-9)10(14)11(2)3/h9H,4-7H2,1-3H3. The lowest BCUT2D eigenvalue weighted by Crippen LogP contribution is -2.44. The topological polar surface area (TPSA) is 40.6 Å². The number of hydrogen-bond donors (Lipinski definition) is 0. The van der Waals surface area contributed by atoms with E-state index in [-0.39, 0.29) is 17.7 Å². The zero-order valence-corrected chi connectivity index (χ0v) is 9.12. The summed E-state index contributed by atoms with van der Waals surface area (Å²) in [6, 6.07) is 0.0482. The van der Waals surface area contributed by atoms with Gasteiger partial charge in [0.25, 0.3) is 0 Å². The molecule has 1 aliphatic heterocycles. The molecule has 0 bridgehead atoms. The minimum Gasteiger partial charge on any atom is -0.331 e. The summed E-state index contributed by atoms with van der Waals surface area (Å²) in [6.45, 7) is 3.05. The van der Waals surface area contributed by atoms with Gasteiger partial charge >= 0.3 is 6.03 Å². The first-order valence-corrected chi connectivity index (χ1v) is 4.99. The Balaban J connectivity index is 2.43. The number of rotatable bonds is 1. The summed E-state index contributed by atoms with van der Waals surface area (Å²) in [5.41, 5.74) is 0. The minimum atomic E-state index is 0.0482. The zero-order valence-electron chi connectivity index (χ0n) is 9.12. The number of Topliss-reactive ketones (excluding diaryl/α,β-unsaturated/α-hetero) is 1. The molecule has 0 saturated carbocycles. The first-order valence-electron chi connectivity index (χ1n) is 4.99. The maximum Gasteiger partial charge on any atom is 0.319 e. The predicted molar refractivity (Wildman–Crippen MR) is 54.1 cm³/mol. The molecule has 0 aliphatic carbocycles. The van der Waals surface area contributed by atoms with Gasteiger partial charge in [-0.1, -0.05) is 0 Å². The van der Waals surface area contributed by atoms with Gasteiger partial charge in [0.2, 0.25) is 0 Å². The second-order valence-electron chi connectivity index (χ2n) is 4.05. The van der Waals surface area contributed by atoms with Gasteiger partial charge in [-0.05, 0) is 19.8 Å². The summed E-state index contributed by atoms with van der Waals surface area (Å²) in [4.78, 5) is 26.0. The highest BCUT2D eigenvalue weighted by Crippen LogP contribution is 2.18. The number of amides is 2. The van der Waals surface area contributed by atoms with E-state index in [1.165, 1.54) is 0 Å². The number of nitrogens with zero attached hydrogens (tertiary/aromatic N) is 2. The molecule has 80 valence electrons. The van der Waals surface area contributed by atoms with Crippen LogP contribution >= 0.6 is 0 Å². The van der Waals surface area contributed by atoms with Crippen LogP contribution in [0.15, 0.2) is 0 Å². The number of carbonyl (C=O) groups is 2. The fourth-order valence-corrected chi connectivity index (χ4v) is 1.76. The highest BCUT2D eigenvalue weighted by molar-refractivity contribution is 5.79. The monoisotopic (exact) mass is 198 g/mol. The van der Waals surface area contributed by atoms with E-state index in [4.69, 9.17) is 0 Å². The lowest BCUT2D eigenvalue weighted by Gasteiger charge is -2.32. The van der Waals surface area contributed by atoms with E-state index in [9.17, 15) is 9.59 Å². The summed E-state index contributed by atoms with van der Waals surface area (Å²) in [7, 11) is 3.50. The van der Waals surface area contributed by atoms with Crippen LogP contribution < -0.4 is 0 Å². The third-order valence-corrected chi connectivity index (χ3v) is 2.72. The van der Waals surface area contributed by atoms with Gasteiger partial charge in [-0.3, -0.25) is 4.79 Å². The molecule has 2 amide bonds. The van der Waals surface area contributed by atoms with Crippen LogP contribution in [0.25, 0.3) is 0 Å². The third-order valence-electron chi connectivity index (χ3n) is 2.72. The maximum absolute atomic E-state index is 11.5. The van der Waals surface area contributed by atoms with Crippen LogP contribution in [0.1, 0.15) is 19.8 Å². The van der Waals surface area contributed by atoms with Crippen LogP contribution in [0.2, 0.25) is 0 Å². The van der Waals surface area contributed by atoms with E-state index in [1.54, 1.807) is 30.8 Å². The van der Waals surface area contributed by atoms with E-state index in [0.29, 0.717) is 13.1 Å². The number of likely N-dealkylation sites (tertiary alicyclic amines) is 1. The van der Waals surface area contributed by atoms with Crippen LogP contribution in [0.5, 0.6) is 0 Å². The molecule has 4 nitrogen and oxygen atoms in total. The van der Waals surface area contributed by atoms with Crippen molar-refractivity contribution in [3.63, 3.8) is 0 Å². The lowest BCUT2D eigenvalue weighted by atomic mass is 9.93. The van der Waals surface area contributed by atoms with Crippen molar-refractivity contribution in [1.29, 1.82) is 0 Å². The van der Waals surface area contributed by atoms with Crippen LogP contribution in [0, 0.1) is 5.92 Å². The normalized spacial score (nSPS) is 18.1. The fourth-order valence-electron chi connectivity index (χ4n) is 1.76. The van der Waals surface area contributed by atoms with Crippen molar-refractivity contribution in [2.45, 2.75) is 19.8 Å². The summed E-state index contributed by atoms with van der Waals surface area (Å²) < 4.78 is 0. The Kier molecular flexibility index (Phi) is 3.49.